The van der Waals surface area contributed by atoms with Crippen LogP contribution in [0.15, 0.2) is 88.4 Å². The van der Waals surface area contributed by atoms with E-state index in [2.05, 4.69) is 9.82 Å². The van der Waals surface area contributed by atoms with Gasteiger partial charge in [0.2, 0.25) is 6.23 Å². The second kappa shape index (κ2) is 12.0. The summed E-state index contributed by atoms with van der Waals surface area (Å²) < 4.78 is 75.7. The minimum Gasteiger partial charge on any atom is -0.340 e. The van der Waals surface area contributed by atoms with E-state index in [-0.39, 0.29) is 33.8 Å². The van der Waals surface area contributed by atoms with Gasteiger partial charge in [0.1, 0.15) is 11.1 Å². The summed E-state index contributed by atoms with van der Waals surface area (Å²) >= 11 is 0. The Morgan fingerprint density at radius 2 is 1.64 bits per heavy atom. The Bertz CT molecular complexity index is 2180. The number of halogens is 3. The van der Waals surface area contributed by atoms with E-state index < -0.39 is 51.9 Å². The van der Waals surface area contributed by atoms with Crippen LogP contribution in [-0.4, -0.2) is 69.6 Å². The third kappa shape index (κ3) is 5.90. The Hall–Kier alpha value is -5.78. The fourth-order valence-corrected chi connectivity index (χ4v) is 6.87. The summed E-state index contributed by atoms with van der Waals surface area (Å²) in [5.41, 5.74) is 1.07. The van der Waals surface area contributed by atoms with Crippen molar-refractivity contribution >= 4 is 27.7 Å². The maximum absolute atomic E-state index is 13.6. The molecule has 50 heavy (non-hydrogen) atoms. The maximum atomic E-state index is 13.6. The second-order valence-electron chi connectivity index (χ2n) is 11.8. The highest BCUT2D eigenvalue weighted by atomic mass is 32.2. The number of aryl methyl sites for hydroxylation is 1. The Morgan fingerprint density at radius 1 is 1.00 bits per heavy atom. The quantitative estimate of drug-likeness (QED) is 0.225. The molecule has 1 unspecified atom stereocenters. The minimum atomic E-state index is -4.71. The minimum absolute atomic E-state index is 0.149. The molecular formula is C32H28F3N7O7S. The first kappa shape index (κ1) is 32.8. The monoisotopic (exact) mass is 711 g/mol. The molecule has 1 saturated heterocycles. The fraction of sp³-hybridized carbons (Fsp3) is 0.250. The van der Waals surface area contributed by atoms with Crippen LogP contribution in [0, 0.1) is 6.92 Å². The van der Waals surface area contributed by atoms with Gasteiger partial charge >= 0.3 is 6.18 Å². The zero-order valence-electron chi connectivity index (χ0n) is 26.4. The van der Waals surface area contributed by atoms with Gasteiger partial charge in [-0.2, -0.15) is 22.9 Å². The van der Waals surface area contributed by atoms with Gasteiger partial charge in [-0.05, 0) is 69.2 Å². The van der Waals surface area contributed by atoms with E-state index in [0.29, 0.717) is 18.5 Å². The van der Waals surface area contributed by atoms with E-state index in [0.717, 1.165) is 43.3 Å². The average Bonchev–Trinajstić information content (AvgIpc) is 3.40. The van der Waals surface area contributed by atoms with Crippen LogP contribution < -0.4 is 14.6 Å². The van der Waals surface area contributed by atoms with Crippen molar-refractivity contribution in [2.24, 2.45) is 0 Å². The number of hydrogen-bond donors (Lipinski definition) is 1. The zero-order valence-corrected chi connectivity index (χ0v) is 27.2. The van der Waals surface area contributed by atoms with E-state index in [4.69, 9.17) is 9.47 Å². The fourth-order valence-electron chi connectivity index (χ4n) is 5.86. The molecule has 2 aliphatic rings. The SMILES string of the molecule is Cc1ccc(-c2cc(C(F)(F)F)nn2-c2ccc(S(=O)(=O)NC(=O)[C@@H]3CCCN3n3on3OC(C)N3C(=O)c4ccccc4C3=O)cc2)cc1. The predicted octanol–water partition coefficient (Wildman–Crippen LogP) is 3.74. The van der Waals surface area contributed by atoms with Gasteiger partial charge in [0.25, 0.3) is 27.7 Å². The lowest BCUT2D eigenvalue weighted by molar-refractivity contribution is -0.141. The molecule has 7 rings (SSSR count). The number of nitrogens with zero attached hydrogens (tertiary/aromatic N) is 6. The maximum Gasteiger partial charge on any atom is 0.435 e. The summed E-state index contributed by atoms with van der Waals surface area (Å²) in [6.45, 7) is 3.61. The highest BCUT2D eigenvalue weighted by Gasteiger charge is 2.43. The Kier molecular flexibility index (Phi) is 7.84. The molecule has 3 amide bonds. The lowest BCUT2D eigenvalue weighted by atomic mass is 10.1. The first-order chi connectivity index (χ1) is 23.7. The summed E-state index contributed by atoms with van der Waals surface area (Å²) in [6, 6.07) is 18.0. The van der Waals surface area contributed by atoms with Gasteiger partial charge in [-0.25, -0.2) is 27.7 Å². The van der Waals surface area contributed by atoms with Gasteiger partial charge in [0.15, 0.2) is 5.69 Å². The third-order valence-corrected chi connectivity index (χ3v) is 9.77. The van der Waals surface area contributed by atoms with Crippen LogP contribution in [0.1, 0.15) is 51.7 Å². The number of imide groups is 1. The van der Waals surface area contributed by atoms with Crippen molar-refractivity contribution in [3.8, 4) is 16.9 Å². The van der Waals surface area contributed by atoms with E-state index in [1.807, 2.05) is 6.92 Å². The van der Waals surface area contributed by atoms with Crippen molar-refractivity contribution in [2.45, 2.75) is 50.0 Å². The van der Waals surface area contributed by atoms with Crippen molar-refractivity contribution in [3.05, 3.63) is 101 Å². The van der Waals surface area contributed by atoms with Gasteiger partial charge in [-0.15, -0.1) is 0 Å². The molecule has 0 aliphatic carbocycles. The smallest absolute Gasteiger partial charge is 0.340 e. The molecule has 14 nitrogen and oxygen atoms in total. The van der Waals surface area contributed by atoms with E-state index in [1.165, 1.54) is 36.2 Å². The number of fused-ring (bicyclic) bond motifs is 1. The van der Waals surface area contributed by atoms with Crippen LogP contribution in [0.4, 0.5) is 13.2 Å². The Balaban J connectivity index is 1.03. The summed E-state index contributed by atoms with van der Waals surface area (Å²) in [5, 5.41) is 6.03. The molecule has 1 N–H and O–H groups in total. The van der Waals surface area contributed by atoms with Crippen LogP contribution in [-0.2, 0) is 21.0 Å². The molecule has 260 valence electrons. The molecule has 5 aromatic rings. The van der Waals surface area contributed by atoms with Crippen molar-refractivity contribution in [3.63, 3.8) is 0 Å². The third-order valence-electron chi connectivity index (χ3n) is 8.41. The van der Waals surface area contributed by atoms with Gasteiger partial charge < -0.3 is 4.84 Å². The van der Waals surface area contributed by atoms with E-state index in [9.17, 15) is 36.0 Å². The van der Waals surface area contributed by atoms with Crippen molar-refractivity contribution in [1.29, 1.82) is 0 Å². The standard InChI is InChI=1S/C32H28F3N7O7S/c1-19-9-11-21(12-10-19)27-18-28(32(33,34)35)36-40(27)22-13-15-23(16-14-22)50(46,47)37-29(43)26-8-5-17-38(26)41-42(49-41)48-20(2)39-30(44)24-6-3-4-7-25(24)31(39)45/h3-4,6-7,9-16,18,20,26H,5,8,17H2,1-2H3,(H,37,43)/t20?,26-,41?,42?/m0/s1. The molecule has 18 heteroatoms. The van der Waals surface area contributed by atoms with E-state index >= 15 is 0 Å². The van der Waals surface area contributed by atoms with Crippen LogP contribution in [0.3, 0.4) is 0 Å². The summed E-state index contributed by atoms with van der Waals surface area (Å²) in [7, 11) is -4.41. The topological polar surface area (TPSA) is 154 Å². The summed E-state index contributed by atoms with van der Waals surface area (Å²) in [5.74, 6) is -1.94. The molecule has 4 heterocycles. The number of alkyl halides is 3. The molecule has 3 aromatic carbocycles. The van der Waals surface area contributed by atoms with Crippen molar-refractivity contribution < 1.29 is 45.4 Å². The first-order valence-electron chi connectivity index (χ1n) is 15.3. The van der Waals surface area contributed by atoms with Gasteiger partial charge in [-0.3, -0.25) is 14.4 Å². The highest BCUT2D eigenvalue weighted by molar-refractivity contribution is 7.90. The molecule has 0 spiro atoms. The predicted molar refractivity (Wildman–Crippen MR) is 168 cm³/mol. The summed E-state index contributed by atoms with van der Waals surface area (Å²) in [6.07, 6.45) is -5.03. The van der Waals surface area contributed by atoms with Gasteiger partial charge in [0, 0.05) is 12.1 Å². The Morgan fingerprint density at radius 3 is 2.26 bits per heavy atom. The number of sulfonamides is 1. The summed E-state index contributed by atoms with van der Waals surface area (Å²) in [4.78, 5) is 46.1. The van der Waals surface area contributed by atoms with Crippen molar-refractivity contribution in [2.75, 3.05) is 11.6 Å². The number of rotatable bonds is 9. The van der Waals surface area contributed by atoms with Crippen LogP contribution in [0.2, 0.25) is 0 Å². The number of hydrogen-bond acceptors (Lipinski definition) is 9. The average molecular weight is 712 g/mol. The van der Waals surface area contributed by atoms with E-state index in [1.54, 1.807) is 36.4 Å². The van der Waals surface area contributed by atoms with Crippen LogP contribution >= 0.6 is 0 Å². The molecule has 0 bridgehead atoms. The number of amides is 3. The molecule has 0 saturated carbocycles. The number of carbonyl (C=O) groups excluding carboxylic acids is 3. The molecule has 1 fully saturated rings. The second-order valence-corrected chi connectivity index (χ2v) is 13.5. The largest absolute Gasteiger partial charge is 0.435 e. The van der Waals surface area contributed by atoms with Crippen LogP contribution in [0.25, 0.3) is 16.9 Å². The number of carbonyl (C=O) groups is 3. The molecule has 2 atom stereocenters. The number of benzene rings is 3. The lowest BCUT2D eigenvalue weighted by Crippen LogP contribution is -2.49. The molecule has 2 aromatic heterocycles. The molecule has 0 radical (unpaired) electrons. The number of aromatic nitrogens is 4. The normalized spacial score (nSPS) is 17.0. The van der Waals surface area contributed by atoms with Gasteiger partial charge in [-0.1, -0.05) is 42.0 Å². The Labute approximate surface area is 282 Å². The van der Waals surface area contributed by atoms with Gasteiger partial charge in [0.05, 0.1) is 32.4 Å². The lowest BCUT2D eigenvalue weighted by Gasteiger charge is -2.21. The van der Waals surface area contributed by atoms with Crippen LogP contribution in [0.5, 0.6) is 0 Å². The zero-order chi connectivity index (χ0) is 35.5. The molecule has 2 aliphatic heterocycles. The highest BCUT2D eigenvalue weighted by Crippen LogP contribution is 2.34. The van der Waals surface area contributed by atoms with Crippen molar-refractivity contribution in [1.82, 2.24) is 29.4 Å². The molecular weight excluding hydrogens is 683 g/mol. The number of nitrogens with one attached hydrogen (secondary N) is 1. The first-order valence-corrected chi connectivity index (χ1v) is 16.8.